The van der Waals surface area contributed by atoms with Crippen molar-refractivity contribution < 1.29 is 14.6 Å². The summed E-state index contributed by atoms with van der Waals surface area (Å²) in [7, 11) is 0. The summed E-state index contributed by atoms with van der Waals surface area (Å²) in [6, 6.07) is 5.21. The number of pyridine rings is 1. The SMILES string of the molecule is N#Cc1ccnc(NCCOCC(=O)O)c1. The van der Waals surface area contributed by atoms with Gasteiger partial charge < -0.3 is 15.2 Å². The number of hydrogen-bond donors (Lipinski definition) is 2. The molecular weight excluding hydrogens is 210 g/mol. The molecule has 0 bridgehead atoms. The van der Waals surface area contributed by atoms with E-state index in [-0.39, 0.29) is 13.2 Å². The van der Waals surface area contributed by atoms with Gasteiger partial charge in [0.15, 0.2) is 0 Å². The Morgan fingerprint density at radius 1 is 1.69 bits per heavy atom. The predicted octanol–water partition coefficient (Wildman–Crippen LogP) is 0.466. The monoisotopic (exact) mass is 221 g/mol. The zero-order chi connectivity index (χ0) is 11.8. The van der Waals surface area contributed by atoms with Gasteiger partial charge in [0.1, 0.15) is 12.4 Å². The number of nitrogens with one attached hydrogen (secondary N) is 1. The van der Waals surface area contributed by atoms with Crippen LogP contribution in [0.25, 0.3) is 0 Å². The largest absolute Gasteiger partial charge is 0.480 e. The van der Waals surface area contributed by atoms with Crippen molar-refractivity contribution in [3.05, 3.63) is 23.9 Å². The smallest absolute Gasteiger partial charge is 0.329 e. The van der Waals surface area contributed by atoms with Crippen molar-refractivity contribution in [2.45, 2.75) is 0 Å². The molecule has 0 fully saturated rings. The first-order valence-corrected chi connectivity index (χ1v) is 4.62. The molecular formula is C10H11N3O3. The second-order valence-electron chi connectivity index (χ2n) is 2.91. The van der Waals surface area contributed by atoms with Crippen LogP contribution in [-0.4, -0.2) is 35.8 Å². The normalized spacial score (nSPS) is 9.44. The van der Waals surface area contributed by atoms with E-state index in [2.05, 4.69) is 10.3 Å². The molecule has 0 spiro atoms. The minimum atomic E-state index is -0.996. The molecule has 0 unspecified atom stereocenters. The minimum absolute atomic E-state index is 0.269. The maximum absolute atomic E-state index is 10.1. The van der Waals surface area contributed by atoms with E-state index in [0.29, 0.717) is 17.9 Å². The van der Waals surface area contributed by atoms with Gasteiger partial charge in [-0.05, 0) is 12.1 Å². The molecule has 0 atom stereocenters. The van der Waals surface area contributed by atoms with Crippen molar-refractivity contribution in [3.63, 3.8) is 0 Å². The third-order valence-electron chi connectivity index (χ3n) is 1.67. The van der Waals surface area contributed by atoms with Crippen molar-refractivity contribution in [2.75, 3.05) is 25.1 Å². The van der Waals surface area contributed by atoms with Gasteiger partial charge in [-0.2, -0.15) is 5.26 Å². The van der Waals surface area contributed by atoms with E-state index in [4.69, 9.17) is 15.1 Å². The first-order chi connectivity index (χ1) is 7.72. The molecule has 6 nitrogen and oxygen atoms in total. The zero-order valence-electron chi connectivity index (χ0n) is 8.51. The average Bonchev–Trinajstić information content (AvgIpc) is 2.28. The Labute approximate surface area is 92.5 Å². The van der Waals surface area contributed by atoms with E-state index in [0.717, 1.165) is 0 Å². The number of carbonyl (C=O) groups is 1. The number of nitriles is 1. The molecule has 0 aliphatic carbocycles. The second kappa shape index (κ2) is 6.37. The third-order valence-corrected chi connectivity index (χ3v) is 1.67. The van der Waals surface area contributed by atoms with Crippen LogP contribution in [0.2, 0.25) is 0 Å². The topological polar surface area (TPSA) is 95.2 Å². The molecule has 0 aliphatic heterocycles. The molecule has 84 valence electrons. The van der Waals surface area contributed by atoms with Crippen molar-refractivity contribution in [1.29, 1.82) is 5.26 Å². The van der Waals surface area contributed by atoms with Crippen molar-refractivity contribution in [1.82, 2.24) is 4.98 Å². The van der Waals surface area contributed by atoms with E-state index >= 15 is 0 Å². The van der Waals surface area contributed by atoms with Gasteiger partial charge in [-0.1, -0.05) is 0 Å². The Kier molecular flexibility index (Phi) is 4.76. The molecule has 2 N–H and O–H groups in total. The van der Waals surface area contributed by atoms with Gasteiger partial charge in [-0.25, -0.2) is 9.78 Å². The fourth-order valence-electron chi connectivity index (χ4n) is 1.01. The van der Waals surface area contributed by atoms with Crippen LogP contribution in [0.5, 0.6) is 0 Å². The van der Waals surface area contributed by atoms with Crippen molar-refractivity contribution in [2.24, 2.45) is 0 Å². The molecule has 6 heteroatoms. The number of aliphatic carboxylic acids is 1. The summed E-state index contributed by atoms with van der Waals surface area (Å²) in [4.78, 5) is 14.1. The zero-order valence-corrected chi connectivity index (χ0v) is 8.51. The fraction of sp³-hybridized carbons (Fsp3) is 0.300. The van der Waals surface area contributed by atoms with Crippen LogP contribution in [0.3, 0.4) is 0 Å². The van der Waals surface area contributed by atoms with Crippen LogP contribution in [0.1, 0.15) is 5.56 Å². The lowest BCUT2D eigenvalue weighted by Crippen LogP contribution is -2.14. The summed E-state index contributed by atoms with van der Waals surface area (Å²) in [6.07, 6.45) is 1.53. The van der Waals surface area contributed by atoms with E-state index < -0.39 is 5.97 Å². The first-order valence-electron chi connectivity index (χ1n) is 4.62. The Balaban J connectivity index is 2.27. The highest BCUT2D eigenvalue weighted by Crippen LogP contribution is 2.04. The molecule has 1 aromatic heterocycles. The number of aromatic nitrogens is 1. The standard InChI is InChI=1S/C10H11N3O3/c11-6-8-1-2-12-9(5-8)13-3-4-16-7-10(14)15/h1-2,5H,3-4,7H2,(H,12,13)(H,14,15). The number of nitrogens with zero attached hydrogens (tertiary/aromatic N) is 2. The van der Waals surface area contributed by atoms with E-state index in [1.54, 1.807) is 12.1 Å². The Bertz CT molecular complexity index is 401. The highest BCUT2D eigenvalue weighted by atomic mass is 16.5. The summed E-state index contributed by atoms with van der Waals surface area (Å²) in [6.45, 7) is 0.396. The maximum atomic E-state index is 10.1. The molecule has 0 amide bonds. The molecule has 0 saturated heterocycles. The number of carboxylic acids is 1. The number of anilines is 1. The maximum Gasteiger partial charge on any atom is 0.329 e. The van der Waals surface area contributed by atoms with Crippen LogP contribution in [0.4, 0.5) is 5.82 Å². The summed E-state index contributed by atoms with van der Waals surface area (Å²) in [5.74, 6) is -0.428. The molecule has 0 saturated carbocycles. The molecule has 1 aromatic rings. The van der Waals surface area contributed by atoms with Crippen LogP contribution < -0.4 is 5.32 Å². The molecule has 0 radical (unpaired) electrons. The first kappa shape index (κ1) is 11.9. The average molecular weight is 221 g/mol. The molecule has 0 aliphatic rings. The summed E-state index contributed by atoms with van der Waals surface area (Å²) in [5, 5.41) is 19.9. The Morgan fingerprint density at radius 2 is 2.50 bits per heavy atom. The van der Waals surface area contributed by atoms with Crippen LogP contribution >= 0.6 is 0 Å². The highest BCUT2D eigenvalue weighted by Gasteiger charge is 1.97. The minimum Gasteiger partial charge on any atom is -0.480 e. The van der Waals surface area contributed by atoms with Crippen LogP contribution in [0.15, 0.2) is 18.3 Å². The van der Waals surface area contributed by atoms with E-state index in [1.165, 1.54) is 6.20 Å². The number of rotatable bonds is 6. The molecule has 0 aromatic carbocycles. The van der Waals surface area contributed by atoms with E-state index in [1.807, 2.05) is 6.07 Å². The molecule has 16 heavy (non-hydrogen) atoms. The fourth-order valence-corrected chi connectivity index (χ4v) is 1.01. The Morgan fingerprint density at radius 3 is 3.19 bits per heavy atom. The van der Waals surface area contributed by atoms with Gasteiger partial charge in [0.25, 0.3) is 0 Å². The lowest BCUT2D eigenvalue weighted by molar-refractivity contribution is -0.142. The van der Waals surface area contributed by atoms with Gasteiger partial charge in [0.2, 0.25) is 0 Å². The predicted molar refractivity (Wildman–Crippen MR) is 55.9 cm³/mol. The summed E-state index contributed by atoms with van der Waals surface area (Å²) < 4.78 is 4.82. The molecule has 1 heterocycles. The van der Waals surface area contributed by atoms with E-state index in [9.17, 15) is 4.79 Å². The summed E-state index contributed by atoms with van der Waals surface area (Å²) in [5.41, 5.74) is 0.518. The third kappa shape index (κ3) is 4.39. The van der Waals surface area contributed by atoms with Gasteiger partial charge >= 0.3 is 5.97 Å². The van der Waals surface area contributed by atoms with Gasteiger partial charge in [0.05, 0.1) is 18.2 Å². The quantitative estimate of drug-likeness (QED) is 0.678. The van der Waals surface area contributed by atoms with Crippen LogP contribution in [0, 0.1) is 11.3 Å². The van der Waals surface area contributed by atoms with Crippen molar-refractivity contribution >= 4 is 11.8 Å². The Hall–Kier alpha value is -2.13. The van der Waals surface area contributed by atoms with Gasteiger partial charge in [-0.15, -0.1) is 0 Å². The summed E-state index contributed by atoms with van der Waals surface area (Å²) >= 11 is 0. The van der Waals surface area contributed by atoms with Crippen molar-refractivity contribution in [3.8, 4) is 6.07 Å². The number of ether oxygens (including phenoxy) is 1. The van der Waals surface area contributed by atoms with Gasteiger partial charge in [0, 0.05) is 12.7 Å². The molecule has 1 rings (SSSR count). The van der Waals surface area contributed by atoms with Crippen LogP contribution in [-0.2, 0) is 9.53 Å². The lowest BCUT2D eigenvalue weighted by atomic mass is 10.3. The number of hydrogen-bond acceptors (Lipinski definition) is 5. The number of carboxylic acid groups (broad SMARTS) is 1. The second-order valence-corrected chi connectivity index (χ2v) is 2.91. The highest BCUT2D eigenvalue weighted by molar-refractivity contribution is 5.67. The lowest BCUT2D eigenvalue weighted by Gasteiger charge is -2.05. The van der Waals surface area contributed by atoms with Gasteiger partial charge in [-0.3, -0.25) is 0 Å².